The number of carboxylic acid groups (broad SMARTS) is 1. The molecule has 0 bridgehead atoms. The molecule has 3 N–H and O–H groups in total. The van der Waals surface area contributed by atoms with Gasteiger partial charge < -0.3 is 20.3 Å². The second-order valence-electron chi connectivity index (χ2n) is 2.69. The number of hydrogen-bond donors (Lipinski definition) is 2. The Morgan fingerprint density at radius 2 is 1.93 bits per heavy atom. The van der Waals surface area contributed by atoms with Crippen LogP contribution in [0.25, 0.3) is 0 Å². The molecule has 0 aliphatic heterocycles. The van der Waals surface area contributed by atoms with Gasteiger partial charge >= 0.3 is 5.97 Å². The highest BCUT2D eigenvalue weighted by molar-refractivity contribution is 5.97. The van der Waals surface area contributed by atoms with Crippen LogP contribution in [0.1, 0.15) is 10.4 Å². The summed E-state index contributed by atoms with van der Waals surface area (Å²) in [6, 6.07) is 1.13. The zero-order valence-corrected chi connectivity index (χ0v) is 8.20. The molecule has 15 heavy (non-hydrogen) atoms. The van der Waals surface area contributed by atoms with E-state index in [9.17, 15) is 9.18 Å². The van der Waals surface area contributed by atoms with E-state index in [1.807, 2.05) is 0 Å². The number of nitrogen functional groups attached to an aromatic ring is 1. The van der Waals surface area contributed by atoms with E-state index < -0.39 is 23.0 Å². The van der Waals surface area contributed by atoms with Gasteiger partial charge in [-0.25, -0.2) is 9.18 Å². The number of halogens is 1. The molecule has 0 aromatic heterocycles. The van der Waals surface area contributed by atoms with Gasteiger partial charge in [0.2, 0.25) is 0 Å². The molecule has 82 valence electrons. The lowest BCUT2D eigenvalue weighted by atomic mass is 10.1. The lowest BCUT2D eigenvalue weighted by molar-refractivity contribution is 0.0694. The van der Waals surface area contributed by atoms with Crippen molar-refractivity contribution in [2.75, 3.05) is 20.0 Å². The Hall–Kier alpha value is -1.98. The van der Waals surface area contributed by atoms with E-state index >= 15 is 0 Å². The van der Waals surface area contributed by atoms with Crippen molar-refractivity contribution in [2.24, 2.45) is 0 Å². The average Bonchev–Trinajstić information content (AvgIpc) is 2.20. The molecule has 6 heteroatoms. The molecule has 0 amide bonds. The van der Waals surface area contributed by atoms with Crippen LogP contribution in [0.5, 0.6) is 11.5 Å². The van der Waals surface area contributed by atoms with Gasteiger partial charge in [0.15, 0.2) is 11.6 Å². The van der Waals surface area contributed by atoms with Crippen molar-refractivity contribution >= 4 is 11.7 Å². The summed E-state index contributed by atoms with van der Waals surface area (Å²) >= 11 is 0. The van der Waals surface area contributed by atoms with Crippen LogP contribution in [0, 0.1) is 5.82 Å². The van der Waals surface area contributed by atoms with Gasteiger partial charge in [-0.15, -0.1) is 0 Å². The molecule has 1 aromatic rings. The largest absolute Gasteiger partial charge is 0.496 e. The Labute approximate surface area is 85.2 Å². The number of rotatable bonds is 3. The maximum Gasteiger partial charge on any atom is 0.341 e. The number of anilines is 1. The first-order valence-corrected chi connectivity index (χ1v) is 3.96. The molecule has 5 nitrogen and oxygen atoms in total. The topological polar surface area (TPSA) is 81.8 Å². The van der Waals surface area contributed by atoms with E-state index in [2.05, 4.69) is 4.74 Å². The second-order valence-corrected chi connectivity index (χ2v) is 2.69. The molecule has 0 atom stereocenters. The molecule has 0 saturated heterocycles. The minimum atomic E-state index is -1.36. The van der Waals surface area contributed by atoms with Gasteiger partial charge in [-0.1, -0.05) is 0 Å². The normalized spacial score (nSPS) is 9.80. The number of aromatic carboxylic acids is 1. The summed E-state index contributed by atoms with van der Waals surface area (Å²) in [5.41, 5.74) is 4.41. The molecule has 0 aliphatic rings. The average molecular weight is 215 g/mol. The third kappa shape index (κ3) is 1.78. The van der Waals surface area contributed by atoms with Crippen LogP contribution in [-0.2, 0) is 0 Å². The monoisotopic (exact) mass is 215 g/mol. The van der Waals surface area contributed by atoms with Crippen molar-refractivity contribution in [1.82, 2.24) is 0 Å². The molecule has 1 rings (SSSR count). The minimum Gasteiger partial charge on any atom is -0.496 e. The summed E-state index contributed by atoms with van der Waals surface area (Å²) < 4.78 is 22.8. The molecule has 0 radical (unpaired) electrons. The van der Waals surface area contributed by atoms with Crippen molar-refractivity contribution in [3.05, 3.63) is 17.4 Å². The zero-order chi connectivity index (χ0) is 11.6. The number of carbonyl (C=O) groups is 1. The quantitative estimate of drug-likeness (QED) is 0.738. The Morgan fingerprint density at radius 3 is 2.33 bits per heavy atom. The number of nitrogens with two attached hydrogens (primary N) is 1. The fourth-order valence-electron chi connectivity index (χ4n) is 1.16. The van der Waals surface area contributed by atoms with Gasteiger partial charge in [-0.3, -0.25) is 0 Å². The Kier molecular flexibility index (Phi) is 2.99. The van der Waals surface area contributed by atoms with E-state index in [4.69, 9.17) is 15.6 Å². The first-order chi connectivity index (χ1) is 7.02. The van der Waals surface area contributed by atoms with E-state index in [-0.39, 0.29) is 11.5 Å². The molecule has 0 unspecified atom stereocenters. The van der Waals surface area contributed by atoms with Crippen molar-refractivity contribution in [3.8, 4) is 11.5 Å². The van der Waals surface area contributed by atoms with E-state index in [0.29, 0.717) is 0 Å². The summed E-state index contributed by atoms with van der Waals surface area (Å²) in [6.45, 7) is 0. The molecule has 0 fully saturated rings. The predicted molar refractivity (Wildman–Crippen MR) is 50.9 cm³/mol. The second kappa shape index (κ2) is 4.04. The molecule has 0 aliphatic carbocycles. The number of carboxylic acids is 1. The minimum absolute atomic E-state index is 0.0433. The first kappa shape index (κ1) is 11.1. The van der Waals surface area contributed by atoms with Crippen LogP contribution >= 0.6 is 0 Å². The predicted octanol–water partition coefficient (Wildman–Crippen LogP) is 1.12. The maximum atomic E-state index is 13.4. The van der Waals surface area contributed by atoms with Gasteiger partial charge in [0.05, 0.1) is 19.9 Å². The van der Waals surface area contributed by atoms with Gasteiger partial charge in [-0.05, 0) is 0 Å². The summed E-state index contributed by atoms with van der Waals surface area (Å²) in [5.74, 6) is -2.46. The zero-order valence-electron chi connectivity index (χ0n) is 8.20. The highest BCUT2D eigenvalue weighted by Crippen LogP contribution is 2.34. The van der Waals surface area contributed by atoms with Crippen molar-refractivity contribution in [3.63, 3.8) is 0 Å². The number of ether oxygens (including phenoxy) is 2. The third-order valence-electron chi connectivity index (χ3n) is 1.88. The molecular weight excluding hydrogens is 205 g/mol. The summed E-state index contributed by atoms with van der Waals surface area (Å²) in [7, 11) is 2.51. The Balaban J connectivity index is 3.51. The van der Waals surface area contributed by atoms with Gasteiger partial charge in [0.25, 0.3) is 0 Å². The summed E-state index contributed by atoms with van der Waals surface area (Å²) in [5, 5.41) is 8.80. The van der Waals surface area contributed by atoms with Gasteiger partial charge in [0, 0.05) is 6.07 Å². The highest BCUT2D eigenvalue weighted by atomic mass is 19.1. The van der Waals surface area contributed by atoms with Crippen molar-refractivity contribution in [1.29, 1.82) is 0 Å². The van der Waals surface area contributed by atoms with Crippen molar-refractivity contribution < 1.29 is 23.8 Å². The number of methoxy groups -OCH3 is 2. The Morgan fingerprint density at radius 1 is 1.40 bits per heavy atom. The smallest absolute Gasteiger partial charge is 0.341 e. The molecule has 0 spiro atoms. The standard InChI is InChI=1S/C9H10FNO4/c1-14-4-3-5(15-2)7(10)8(11)6(4)9(12)13/h3H,11H2,1-2H3,(H,12,13). The van der Waals surface area contributed by atoms with E-state index in [1.54, 1.807) is 0 Å². The van der Waals surface area contributed by atoms with Crippen LogP contribution in [0.2, 0.25) is 0 Å². The highest BCUT2D eigenvalue weighted by Gasteiger charge is 2.22. The Bertz CT molecular complexity index is 406. The van der Waals surface area contributed by atoms with Crippen LogP contribution < -0.4 is 15.2 Å². The number of hydrogen-bond acceptors (Lipinski definition) is 4. The summed E-state index contributed by atoms with van der Waals surface area (Å²) in [4.78, 5) is 10.8. The van der Waals surface area contributed by atoms with Crippen LogP contribution in [0.3, 0.4) is 0 Å². The van der Waals surface area contributed by atoms with Gasteiger partial charge in [-0.2, -0.15) is 0 Å². The van der Waals surface area contributed by atoms with E-state index in [1.165, 1.54) is 14.2 Å². The van der Waals surface area contributed by atoms with Crippen LogP contribution in [0.15, 0.2) is 6.07 Å². The van der Waals surface area contributed by atoms with Crippen molar-refractivity contribution in [2.45, 2.75) is 0 Å². The third-order valence-corrected chi connectivity index (χ3v) is 1.88. The van der Waals surface area contributed by atoms with Crippen LogP contribution in [0.4, 0.5) is 10.1 Å². The van der Waals surface area contributed by atoms with E-state index in [0.717, 1.165) is 6.07 Å². The van der Waals surface area contributed by atoms with Crippen LogP contribution in [-0.4, -0.2) is 25.3 Å². The van der Waals surface area contributed by atoms with Gasteiger partial charge in [0.1, 0.15) is 11.3 Å². The molecule has 1 aromatic carbocycles. The SMILES string of the molecule is COc1cc(OC)c(C(=O)O)c(N)c1F. The fraction of sp³-hybridized carbons (Fsp3) is 0.222. The molecular formula is C9H10FNO4. The fourth-order valence-corrected chi connectivity index (χ4v) is 1.16. The molecule has 0 heterocycles. The first-order valence-electron chi connectivity index (χ1n) is 3.96. The maximum absolute atomic E-state index is 13.4. The lowest BCUT2D eigenvalue weighted by Gasteiger charge is -2.11. The lowest BCUT2D eigenvalue weighted by Crippen LogP contribution is -2.08. The number of benzene rings is 1. The molecule has 0 saturated carbocycles. The summed E-state index contributed by atoms with van der Waals surface area (Å²) in [6.07, 6.45) is 0.